The number of hydrogen-bond acceptors (Lipinski definition) is 2. The second-order valence-corrected chi connectivity index (χ2v) is 3.34. The van der Waals surface area contributed by atoms with Crippen LogP contribution in [0.25, 0.3) is 0 Å². The van der Waals surface area contributed by atoms with E-state index in [9.17, 15) is 0 Å². The molecule has 0 bridgehead atoms. The van der Waals surface area contributed by atoms with E-state index in [0.717, 1.165) is 19.8 Å². The fraction of sp³-hybridized carbons (Fsp3) is 0.400. The highest BCUT2D eigenvalue weighted by Crippen LogP contribution is 2.32. The fourth-order valence-corrected chi connectivity index (χ4v) is 1.63. The molecule has 0 radical (unpaired) electrons. The van der Waals surface area contributed by atoms with Gasteiger partial charge in [-0.25, -0.2) is 0 Å². The summed E-state index contributed by atoms with van der Waals surface area (Å²) in [5, 5.41) is 0. The van der Waals surface area contributed by atoms with Crippen molar-refractivity contribution < 1.29 is 9.47 Å². The van der Waals surface area contributed by atoms with Gasteiger partial charge in [0.1, 0.15) is 6.10 Å². The second-order valence-electron chi connectivity index (χ2n) is 3.34. The van der Waals surface area contributed by atoms with Crippen molar-refractivity contribution in [2.75, 3.05) is 6.61 Å². The van der Waals surface area contributed by atoms with E-state index in [1.807, 2.05) is 0 Å². The van der Waals surface area contributed by atoms with Crippen LogP contribution in [0.5, 0.6) is 0 Å². The van der Waals surface area contributed by atoms with Crippen molar-refractivity contribution in [1.29, 1.82) is 0 Å². The molecule has 2 heteroatoms. The standard InChI is InChI=1S/C10H10O2/c1-2-8-4-11-5-9(8)3-7(1)10-6-12-10/h1-3,10H,4-6H2/t10-/m0/s1. The van der Waals surface area contributed by atoms with Crippen molar-refractivity contribution in [3.05, 3.63) is 34.9 Å². The quantitative estimate of drug-likeness (QED) is 0.587. The molecule has 0 amide bonds. The predicted octanol–water partition coefficient (Wildman–Crippen LogP) is 1.79. The molecule has 0 aromatic heterocycles. The molecule has 2 nitrogen and oxygen atoms in total. The highest BCUT2D eigenvalue weighted by atomic mass is 16.6. The van der Waals surface area contributed by atoms with Crippen LogP contribution in [-0.2, 0) is 22.7 Å². The summed E-state index contributed by atoms with van der Waals surface area (Å²) in [6, 6.07) is 6.50. The first-order valence-corrected chi connectivity index (χ1v) is 4.24. The van der Waals surface area contributed by atoms with Gasteiger partial charge in [0.05, 0.1) is 19.8 Å². The number of ether oxygens (including phenoxy) is 2. The van der Waals surface area contributed by atoms with Crippen molar-refractivity contribution in [3.63, 3.8) is 0 Å². The van der Waals surface area contributed by atoms with E-state index < -0.39 is 0 Å². The van der Waals surface area contributed by atoms with E-state index in [1.165, 1.54) is 16.7 Å². The first kappa shape index (κ1) is 6.63. The summed E-state index contributed by atoms with van der Waals surface area (Å²) in [5.74, 6) is 0. The monoisotopic (exact) mass is 162 g/mol. The second kappa shape index (κ2) is 2.31. The average molecular weight is 162 g/mol. The third-order valence-electron chi connectivity index (χ3n) is 2.45. The van der Waals surface area contributed by atoms with Gasteiger partial charge < -0.3 is 9.47 Å². The Morgan fingerprint density at radius 1 is 1.17 bits per heavy atom. The number of epoxide rings is 1. The molecule has 0 N–H and O–H groups in total. The number of hydrogen-bond donors (Lipinski definition) is 0. The van der Waals surface area contributed by atoms with Crippen molar-refractivity contribution >= 4 is 0 Å². The molecule has 0 aliphatic carbocycles. The molecule has 0 unspecified atom stereocenters. The van der Waals surface area contributed by atoms with Gasteiger partial charge in [-0.05, 0) is 16.7 Å². The molecule has 1 atom stereocenters. The third-order valence-corrected chi connectivity index (χ3v) is 2.45. The zero-order chi connectivity index (χ0) is 7.97. The van der Waals surface area contributed by atoms with E-state index in [0.29, 0.717) is 6.10 Å². The summed E-state index contributed by atoms with van der Waals surface area (Å²) in [4.78, 5) is 0. The van der Waals surface area contributed by atoms with Gasteiger partial charge in [0.15, 0.2) is 0 Å². The lowest BCUT2D eigenvalue weighted by molar-refractivity contribution is 0.134. The van der Waals surface area contributed by atoms with Crippen LogP contribution < -0.4 is 0 Å². The molecule has 2 aliphatic heterocycles. The first-order chi connectivity index (χ1) is 5.93. The molecular formula is C10H10O2. The van der Waals surface area contributed by atoms with Gasteiger partial charge in [-0.1, -0.05) is 18.2 Å². The average Bonchev–Trinajstić information content (AvgIpc) is 2.84. The van der Waals surface area contributed by atoms with Crippen LogP contribution in [0, 0.1) is 0 Å². The summed E-state index contributed by atoms with van der Waals surface area (Å²) in [6.45, 7) is 2.44. The lowest BCUT2D eigenvalue weighted by atomic mass is 10.0. The maximum absolute atomic E-state index is 5.33. The molecule has 62 valence electrons. The highest BCUT2D eigenvalue weighted by Gasteiger charge is 2.25. The third kappa shape index (κ3) is 0.958. The molecule has 2 heterocycles. The molecule has 0 spiro atoms. The van der Waals surface area contributed by atoms with Crippen LogP contribution in [0.4, 0.5) is 0 Å². The Kier molecular flexibility index (Phi) is 1.28. The van der Waals surface area contributed by atoms with E-state index in [2.05, 4.69) is 18.2 Å². The van der Waals surface area contributed by atoms with Gasteiger partial charge >= 0.3 is 0 Å². The van der Waals surface area contributed by atoms with Gasteiger partial charge in [0, 0.05) is 0 Å². The van der Waals surface area contributed by atoms with Gasteiger partial charge in [0.2, 0.25) is 0 Å². The minimum atomic E-state index is 0.371. The minimum absolute atomic E-state index is 0.371. The Morgan fingerprint density at radius 3 is 2.83 bits per heavy atom. The predicted molar refractivity (Wildman–Crippen MR) is 43.6 cm³/mol. The Hall–Kier alpha value is -0.860. The van der Waals surface area contributed by atoms with Crippen LogP contribution in [0.2, 0.25) is 0 Å². The number of fused-ring (bicyclic) bond motifs is 1. The topological polar surface area (TPSA) is 21.8 Å². The Balaban J connectivity index is 2.03. The maximum Gasteiger partial charge on any atom is 0.106 e. The molecular weight excluding hydrogens is 152 g/mol. The molecule has 1 aromatic carbocycles. The van der Waals surface area contributed by atoms with Crippen molar-refractivity contribution in [1.82, 2.24) is 0 Å². The van der Waals surface area contributed by atoms with Crippen molar-refractivity contribution in [2.45, 2.75) is 19.3 Å². The number of benzene rings is 1. The molecule has 0 saturated carbocycles. The van der Waals surface area contributed by atoms with E-state index in [1.54, 1.807) is 0 Å². The number of rotatable bonds is 1. The van der Waals surface area contributed by atoms with Crippen LogP contribution >= 0.6 is 0 Å². The SMILES string of the molecule is c1cc2c(cc1[C@@H]1CO1)COC2. The van der Waals surface area contributed by atoms with Crippen LogP contribution in [-0.4, -0.2) is 6.61 Å². The van der Waals surface area contributed by atoms with Gasteiger partial charge in [-0.3, -0.25) is 0 Å². The normalized spacial score (nSPS) is 25.5. The molecule has 1 fully saturated rings. The summed E-state index contributed by atoms with van der Waals surface area (Å²) in [5.41, 5.74) is 3.97. The van der Waals surface area contributed by atoms with E-state index in [-0.39, 0.29) is 0 Å². The van der Waals surface area contributed by atoms with Crippen LogP contribution in [0.15, 0.2) is 18.2 Å². The Morgan fingerprint density at radius 2 is 2.00 bits per heavy atom. The summed E-state index contributed by atoms with van der Waals surface area (Å²) < 4.78 is 10.5. The van der Waals surface area contributed by atoms with Crippen LogP contribution in [0.3, 0.4) is 0 Å². The molecule has 1 saturated heterocycles. The minimum Gasteiger partial charge on any atom is -0.372 e. The smallest absolute Gasteiger partial charge is 0.106 e. The summed E-state index contributed by atoms with van der Waals surface area (Å²) >= 11 is 0. The van der Waals surface area contributed by atoms with E-state index >= 15 is 0 Å². The lowest BCUT2D eigenvalue weighted by Gasteiger charge is -1.99. The Labute approximate surface area is 71.1 Å². The molecule has 3 rings (SSSR count). The van der Waals surface area contributed by atoms with Crippen molar-refractivity contribution in [2.24, 2.45) is 0 Å². The zero-order valence-electron chi connectivity index (χ0n) is 6.75. The van der Waals surface area contributed by atoms with Crippen LogP contribution in [0.1, 0.15) is 22.8 Å². The maximum atomic E-state index is 5.33. The van der Waals surface area contributed by atoms with E-state index in [4.69, 9.17) is 9.47 Å². The highest BCUT2D eigenvalue weighted by molar-refractivity contribution is 5.35. The summed E-state index contributed by atoms with van der Waals surface area (Å²) in [6.07, 6.45) is 0.371. The van der Waals surface area contributed by atoms with Gasteiger partial charge in [-0.2, -0.15) is 0 Å². The molecule has 12 heavy (non-hydrogen) atoms. The zero-order valence-corrected chi connectivity index (χ0v) is 6.75. The van der Waals surface area contributed by atoms with Gasteiger partial charge in [0.25, 0.3) is 0 Å². The lowest BCUT2D eigenvalue weighted by Crippen LogP contribution is -1.86. The first-order valence-electron chi connectivity index (χ1n) is 4.24. The molecule has 2 aliphatic rings. The molecule has 1 aromatic rings. The summed E-state index contributed by atoms with van der Waals surface area (Å²) in [7, 11) is 0. The van der Waals surface area contributed by atoms with Crippen molar-refractivity contribution in [3.8, 4) is 0 Å². The Bertz CT molecular complexity index is 316. The van der Waals surface area contributed by atoms with Gasteiger partial charge in [-0.15, -0.1) is 0 Å². The largest absolute Gasteiger partial charge is 0.372 e. The fourth-order valence-electron chi connectivity index (χ4n) is 1.63.